The van der Waals surface area contributed by atoms with Crippen LogP contribution in [0.3, 0.4) is 0 Å². The van der Waals surface area contributed by atoms with E-state index in [0.717, 1.165) is 0 Å². The Morgan fingerprint density at radius 3 is 2.38 bits per heavy atom. The van der Waals surface area contributed by atoms with Crippen LogP contribution in [0.2, 0.25) is 10.0 Å². The van der Waals surface area contributed by atoms with E-state index < -0.39 is 22.7 Å². The summed E-state index contributed by atoms with van der Waals surface area (Å²) in [4.78, 5) is 45.2. The molecule has 5 rings (SSSR count). The Kier molecular flexibility index (Phi) is 5.92. The minimum Gasteiger partial charge on any atom is -0.462 e. The summed E-state index contributed by atoms with van der Waals surface area (Å²) < 4.78 is 5.46. The van der Waals surface area contributed by atoms with E-state index in [-0.39, 0.29) is 35.8 Å². The Labute approximate surface area is 225 Å². The highest BCUT2D eigenvalue weighted by Crippen LogP contribution is 2.58. The van der Waals surface area contributed by atoms with Crippen LogP contribution in [0.4, 0.5) is 11.4 Å². The topological polar surface area (TPSA) is 92.9 Å². The lowest BCUT2D eigenvalue weighted by Crippen LogP contribution is -2.55. The van der Waals surface area contributed by atoms with Crippen LogP contribution in [0.15, 0.2) is 65.1 Å². The molecule has 0 bridgehead atoms. The monoisotopic (exact) mass is 539 g/mol. The molecule has 2 aromatic rings. The van der Waals surface area contributed by atoms with E-state index in [1.807, 2.05) is 19.9 Å². The van der Waals surface area contributed by atoms with Gasteiger partial charge in [-0.2, -0.15) is 0 Å². The summed E-state index contributed by atoms with van der Waals surface area (Å²) in [7, 11) is 1.63. The van der Waals surface area contributed by atoms with Crippen molar-refractivity contribution in [3.8, 4) is 0 Å². The van der Waals surface area contributed by atoms with E-state index in [4.69, 9.17) is 33.7 Å². The Bertz CT molecular complexity index is 1420. The third kappa shape index (κ3) is 3.59. The zero-order valence-electron chi connectivity index (χ0n) is 21.0. The summed E-state index contributed by atoms with van der Waals surface area (Å²) in [5.41, 5.74) is 7.00. The van der Waals surface area contributed by atoms with Crippen molar-refractivity contribution in [2.24, 2.45) is 11.1 Å². The number of hydrogen-bond donors (Lipinski definition) is 1. The fraction of sp³-hybridized carbons (Fsp3) is 0.321. The number of allylic oxidation sites excluding steroid dienone is 1. The van der Waals surface area contributed by atoms with E-state index >= 15 is 0 Å². The van der Waals surface area contributed by atoms with E-state index in [1.165, 1.54) is 4.90 Å². The summed E-state index contributed by atoms with van der Waals surface area (Å²) in [5, 5.41) is 0.720. The van der Waals surface area contributed by atoms with Gasteiger partial charge in [0.25, 0.3) is 0 Å². The highest BCUT2D eigenvalue weighted by molar-refractivity contribution is 6.35. The van der Waals surface area contributed by atoms with Crippen molar-refractivity contribution in [3.05, 3.63) is 80.7 Å². The SMILES string of the molecule is CCOC(=O)C1=C(N)N(c2cc(Cl)cc(Cl)c2)C2=C(C(=O)CC(C)(C)C2)C12C(=O)N(C)c1ccccc12. The van der Waals surface area contributed by atoms with Gasteiger partial charge in [0.2, 0.25) is 5.91 Å². The number of esters is 1. The normalized spacial score (nSPS) is 22.5. The van der Waals surface area contributed by atoms with Crippen molar-refractivity contribution in [1.82, 2.24) is 0 Å². The first-order valence-electron chi connectivity index (χ1n) is 12.0. The number of ether oxygens (including phenoxy) is 1. The number of likely N-dealkylation sites (N-methyl/N-ethyl adjacent to an activating group) is 1. The van der Waals surface area contributed by atoms with Gasteiger partial charge in [-0.15, -0.1) is 0 Å². The van der Waals surface area contributed by atoms with Crippen molar-refractivity contribution in [3.63, 3.8) is 0 Å². The van der Waals surface area contributed by atoms with Gasteiger partial charge in [0.15, 0.2) is 5.78 Å². The van der Waals surface area contributed by atoms with Gasteiger partial charge in [0, 0.05) is 46.0 Å². The number of benzene rings is 2. The smallest absolute Gasteiger partial charge is 0.339 e. The predicted octanol–water partition coefficient (Wildman–Crippen LogP) is 5.10. The molecule has 192 valence electrons. The van der Waals surface area contributed by atoms with Crippen molar-refractivity contribution in [1.29, 1.82) is 0 Å². The van der Waals surface area contributed by atoms with Crippen LogP contribution in [-0.4, -0.2) is 31.3 Å². The molecule has 2 aromatic carbocycles. The lowest BCUT2D eigenvalue weighted by atomic mass is 9.60. The zero-order chi connectivity index (χ0) is 26.9. The van der Waals surface area contributed by atoms with E-state index in [2.05, 4.69) is 0 Å². The van der Waals surface area contributed by atoms with Crippen LogP contribution in [0, 0.1) is 5.41 Å². The number of nitrogens with two attached hydrogens (primary N) is 1. The first-order chi connectivity index (χ1) is 17.4. The molecule has 1 aliphatic carbocycles. The lowest BCUT2D eigenvalue weighted by Gasteiger charge is -2.47. The molecule has 2 aliphatic heterocycles. The third-order valence-corrected chi connectivity index (χ3v) is 7.69. The fourth-order valence-corrected chi connectivity index (χ4v) is 6.46. The van der Waals surface area contributed by atoms with E-state index in [1.54, 1.807) is 55.3 Å². The van der Waals surface area contributed by atoms with E-state index in [9.17, 15) is 14.4 Å². The quantitative estimate of drug-likeness (QED) is 0.545. The van der Waals surface area contributed by atoms with Crippen molar-refractivity contribution >= 4 is 52.2 Å². The molecular formula is C28H27Cl2N3O4. The number of nitrogens with zero attached hydrogens (tertiary/aromatic N) is 2. The maximum atomic E-state index is 14.3. The van der Waals surface area contributed by atoms with Gasteiger partial charge in [0.1, 0.15) is 16.8 Å². The number of amides is 1. The molecule has 37 heavy (non-hydrogen) atoms. The van der Waals surface area contributed by atoms with Crippen LogP contribution in [0.25, 0.3) is 0 Å². The number of para-hydroxylation sites is 1. The zero-order valence-corrected chi connectivity index (χ0v) is 22.5. The summed E-state index contributed by atoms with van der Waals surface area (Å²) in [6.07, 6.45) is 0.628. The van der Waals surface area contributed by atoms with Crippen LogP contribution in [-0.2, 0) is 24.5 Å². The Morgan fingerprint density at radius 1 is 1.08 bits per heavy atom. The molecule has 0 radical (unpaired) electrons. The second kappa shape index (κ2) is 8.64. The molecule has 3 aliphatic rings. The molecular weight excluding hydrogens is 513 g/mol. The minimum atomic E-state index is -1.73. The number of fused-ring (bicyclic) bond motifs is 3. The van der Waals surface area contributed by atoms with Gasteiger partial charge >= 0.3 is 5.97 Å². The predicted molar refractivity (Wildman–Crippen MR) is 143 cm³/mol. The maximum absolute atomic E-state index is 14.3. The minimum absolute atomic E-state index is 0.000476. The van der Waals surface area contributed by atoms with Gasteiger partial charge in [-0.25, -0.2) is 4.79 Å². The van der Waals surface area contributed by atoms with Gasteiger partial charge in [0.05, 0.1) is 12.3 Å². The van der Waals surface area contributed by atoms with Gasteiger partial charge < -0.3 is 15.4 Å². The Balaban J connectivity index is 1.95. The molecule has 9 heteroatoms. The van der Waals surface area contributed by atoms with Gasteiger partial charge in [-0.05, 0) is 43.0 Å². The molecule has 2 N–H and O–H groups in total. The highest BCUT2D eigenvalue weighted by Gasteiger charge is 2.64. The molecule has 0 saturated carbocycles. The van der Waals surface area contributed by atoms with Crippen LogP contribution in [0.5, 0.6) is 0 Å². The number of carbonyl (C=O) groups excluding carboxylic acids is 3. The van der Waals surface area contributed by atoms with Gasteiger partial charge in [-0.1, -0.05) is 55.2 Å². The summed E-state index contributed by atoms with van der Waals surface area (Å²) in [6.45, 7) is 5.71. The second-order valence-corrected chi connectivity index (χ2v) is 11.2. The second-order valence-electron chi connectivity index (χ2n) is 10.3. The van der Waals surface area contributed by atoms with Crippen molar-refractivity contribution < 1.29 is 19.1 Å². The summed E-state index contributed by atoms with van der Waals surface area (Å²) in [6, 6.07) is 12.1. The number of anilines is 2. The molecule has 1 unspecified atom stereocenters. The van der Waals surface area contributed by atoms with Crippen LogP contribution >= 0.6 is 23.2 Å². The maximum Gasteiger partial charge on any atom is 0.339 e. The molecule has 0 aromatic heterocycles. The number of carbonyl (C=O) groups is 3. The number of halogens is 2. The van der Waals surface area contributed by atoms with E-state index in [0.29, 0.717) is 39.1 Å². The first-order valence-corrected chi connectivity index (χ1v) is 12.8. The fourth-order valence-electron chi connectivity index (χ4n) is 5.95. The molecule has 0 saturated heterocycles. The molecule has 1 atom stereocenters. The average Bonchev–Trinajstić information content (AvgIpc) is 3.00. The molecule has 1 spiro atoms. The Hall–Kier alpha value is -3.29. The number of hydrogen-bond acceptors (Lipinski definition) is 6. The summed E-state index contributed by atoms with van der Waals surface area (Å²) >= 11 is 12.7. The van der Waals surface area contributed by atoms with Crippen molar-refractivity contribution in [2.75, 3.05) is 23.5 Å². The van der Waals surface area contributed by atoms with Gasteiger partial charge in [-0.3, -0.25) is 14.5 Å². The largest absolute Gasteiger partial charge is 0.462 e. The van der Waals surface area contributed by atoms with Crippen LogP contribution in [0.1, 0.15) is 39.2 Å². The first kappa shape index (κ1) is 25.4. The molecule has 0 fully saturated rings. The standard InChI is InChI=1S/C28H27Cl2N3O4/c1-5-37-25(35)23-24(31)33(17-11-15(29)10-16(30)12-17)20-13-27(2,3)14-21(34)22(20)28(23)18-8-6-7-9-19(18)32(4)26(28)36/h6-12H,5,13-14,31H2,1-4H3. The molecule has 2 heterocycles. The Morgan fingerprint density at radius 2 is 1.73 bits per heavy atom. The van der Waals surface area contributed by atoms with Crippen molar-refractivity contribution in [2.45, 2.75) is 39.0 Å². The number of rotatable bonds is 3. The molecule has 7 nitrogen and oxygen atoms in total. The molecule has 1 amide bonds. The average molecular weight is 540 g/mol. The summed E-state index contributed by atoms with van der Waals surface area (Å²) in [5.74, 6) is -1.42. The highest BCUT2D eigenvalue weighted by atomic mass is 35.5. The van der Waals surface area contributed by atoms with Crippen LogP contribution < -0.4 is 15.5 Å². The third-order valence-electron chi connectivity index (χ3n) is 7.25. The number of ketones is 1. The number of Topliss-reactive ketones (excluding diaryl/α,β-unsaturated/α-hetero) is 1. The lowest BCUT2D eigenvalue weighted by molar-refractivity contribution is -0.140.